The first kappa shape index (κ1) is 25.3. The molecule has 9 nitrogen and oxygen atoms in total. The summed E-state index contributed by atoms with van der Waals surface area (Å²) in [7, 11) is 1.24. The minimum atomic E-state index is -1.13. The summed E-state index contributed by atoms with van der Waals surface area (Å²) in [4.78, 5) is 38.5. The van der Waals surface area contributed by atoms with Crippen LogP contribution in [-0.4, -0.2) is 59.1 Å². The van der Waals surface area contributed by atoms with Crippen LogP contribution in [0.25, 0.3) is 0 Å². The molecule has 0 radical (unpaired) electrons. The molecule has 1 atom stereocenters. The number of carbonyl (C=O) groups excluding carboxylic acids is 2. The third-order valence-corrected chi connectivity index (χ3v) is 5.26. The number of phenols is 1. The fourth-order valence-corrected chi connectivity index (χ4v) is 3.38. The molecule has 1 aliphatic heterocycles. The van der Waals surface area contributed by atoms with Crippen LogP contribution >= 0.6 is 0 Å². The molecule has 10 heteroatoms. The van der Waals surface area contributed by atoms with Gasteiger partial charge in [-0.05, 0) is 49.4 Å². The number of ether oxygens (including phenoxy) is 1. The van der Waals surface area contributed by atoms with Gasteiger partial charge in [-0.25, -0.2) is 9.18 Å². The van der Waals surface area contributed by atoms with Gasteiger partial charge in [0.05, 0.1) is 12.7 Å². The third-order valence-electron chi connectivity index (χ3n) is 5.26. The Kier molecular flexibility index (Phi) is 8.47. The second kappa shape index (κ2) is 11.7. The maximum Gasteiger partial charge on any atom is 0.335 e. The molecule has 0 aliphatic carbocycles. The quantitative estimate of drug-likeness (QED) is 0.394. The number of carbonyl (C=O) groups is 3. The summed E-state index contributed by atoms with van der Waals surface area (Å²) < 4.78 is 18.8. The molecule has 1 aliphatic rings. The van der Waals surface area contributed by atoms with Crippen LogP contribution in [0, 0.1) is 5.82 Å². The lowest BCUT2D eigenvalue weighted by atomic mass is 10.0. The predicted octanol–water partition coefficient (Wildman–Crippen LogP) is 2.64. The molecule has 0 bridgehead atoms. The Morgan fingerprint density at radius 3 is 2.26 bits per heavy atom. The second-order valence-electron chi connectivity index (χ2n) is 7.59. The molecule has 1 fully saturated rings. The van der Waals surface area contributed by atoms with E-state index in [1.165, 1.54) is 37.4 Å². The fourth-order valence-electron chi connectivity index (χ4n) is 3.38. The smallest absolute Gasteiger partial charge is 0.335 e. The highest BCUT2D eigenvalue weighted by molar-refractivity contribution is 6.11. The van der Waals surface area contributed by atoms with Crippen molar-refractivity contribution in [3.8, 4) is 11.5 Å². The molecule has 35 heavy (non-hydrogen) atoms. The zero-order valence-corrected chi connectivity index (χ0v) is 18.8. The topological polar surface area (TPSA) is 138 Å². The van der Waals surface area contributed by atoms with Gasteiger partial charge in [-0.2, -0.15) is 0 Å². The Hall–Kier alpha value is -4.31. The third kappa shape index (κ3) is 6.39. The van der Waals surface area contributed by atoms with Gasteiger partial charge in [0.15, 0.2) is 17.3 Å². The van der Waals surface area contributed by atoms with Gasteiger partial charge in [0, 0.05) is 36.1 Å². The fraction of sp³-hybridized carbons (Fsp3) is 0.200. The number of rotatable bonds is 6. The van der Waals surface area contributed by atoms with E-state index in [4.69, 9.17) is 9.84 Å². The van der Waals surface area contributed by atoms with Gasteiger partial charge in [0.2, 0.25) is 0 Å². The summed E-state index contributed by atoms with van der Waals surface area (Å²) >= 11 is 0. The largest absolute Gasteiger partial charge is 0.507 e. The van der Waals surface area contributed by atoms with Gasteiger partial charge in [-0.1, -0.05) is 12.1 Å². The Morgan fingerprint density at radius 1 is 1.03 bits per heavy atom. The van der Waals surface area contributed by atoms with E-state index in [0.717, 1.165) is 25.6 Å². The number of amides is 1. The number of nitrogens with one attached hydrogen (secondary N) is 2. The van der Waals surface area contributed by atoms with Crippen LogP contribution in [-0.2, 0) is 0 Å². The molecular formula is C25H24FN3O6. The summed E-state index contributed by atoms with van der Waals surface area (Å²) in [6.45, 7) is 1.86. The summed E-state index contributed by atoms with van der Waals surface area (Å²) in [5.41, 5.74) is 0.216. The molecule has 2 heterocycles. The van der Waals surface area contributed by atoms with Crippen molar-refractivity contribution in [1.82, 2.24) is 15.6 Å². The number of nitrogens with zero attached hydrogens (tertiary/aromatic N) is 1. The minimum absolute atomic E-state index is 0.00175. The van der Waals surface area contributed by atoms with Crippen LogP contribution in [0.15, 0.2) is 60.9 Å². The Bertz CT molecular complexity index is 1200. The lowest BCUT2D eigenvalue weighted by Gasteiger charge is -2.10. The Labute approximate surface area is 200 Å². The molecule has 1 saturated heterocycles. The first-order valence-electron chi connectivity index (χ1n) is 10.7. The van der Waals surface area contributed by atoms with E-state index in [0.29, 0.717) is 5.56 Å². The number of benzene rings is 2. The van der Waals surface area contributed by atoms with Crippen LogP contribution in [0.3, 0.4) is 0 Å². The first-order chi connectivity index (χ1) is 16.8. The monoisotopic (exact) mass is 481 g/mol. The summed E-state index contributed by atoms with van der Waals surface area (Å²) in [5.74, 6) is -3.56. The number of carboxylic acid groups (broad SMARTS) is 1. The van der Waals surface area contributed by atoms with Crippen molar-refractivity contribution >= 4 is 17.7 Å². The molecular weight excluding hydrogens is 457 g/mol. The van der Waals surface area contributed by atoms with Crippen LogP contribution in [0.1, 0.15) is 43.1 Å². The number of carboxylic acids is 1. The van der Waals surface area contributed by atoms with E-state index in [-0.39, 0.29) is 28.8 Å². The molecule has 1 unspecified atom stereocenters. The number of hydrogen-bond acceptors (Lipinski definition) is 7. The van der Waals surface area contributed by atoms with Gasteiger partial charge in [0.25, 0.3) is 5.91 Å². The van der Waals surface area contributed by atoms with Crippen molar-refractivity contribution < 1.29 is 33.7 Å². The van der Waals surface area contributed by atoms with E-state index in [9.17, 15) is 23.9 Å². The van der Waals surface area contributed by atoms with E-state index in [2.05, 4.69) is 15.6 Å². The van der Waals surface area contributed by atoms with Gasteiger partial charge in [-0.15, -0.1) is 0 Å². The Morgan fingerprint density at radius 2 is 1.69 bits per heavy atom. The SMILES string of the molecule is COc1ccc(O)c(C(=O)c2ccc(C(=O)O)cc2)c1F.O=C(NC1CCNC1)c1ccncc1. The predicted molar refractivity (Wildman–Crippen MR) is 124 cm³/mol. The molecule has 0 spiro atoms. The number of aromatic hydroxyl groups is 1. The number of pyridine rings is 1. The second-order valence-corrected chi connectivity index (χ2v) is 7.59. The number of halogens is 1. The van der Waals surface area contributed by atoms with E-state index in [1.807, 2.05) is 0 Å². The van der Waals surface area contributed by atoms with Crippen LogP contribution in [0.2, 0.25) is 0 Å². The van der Waals surface area contributed by atoms with Crippen molar-refractivity contribution in [1.29, 1.82) is 0 Å². The standard InChI is InChI=1S/C15H11FO5.C10H13N3O/c1-21-11-7-6-10(17)12(13(11)16)14(18)8-2-4-9(5-3-8)15(19)20;14-10(8-1-4-11-5-2-8)13-9-3-6-12-7-9/h2-7,17H,1H3,(H,19,20);1-2,4-5,9,12H,3,6-7H2,(H,13,14). The van der Waals surface area contributed by atoms with Gasteiger partial charge in [0.1, 0.15) is 11.3 Å². The lowest BCUT2D eigenvalue weighted by Crippen LogP contribution is -2.36. The van der Waals surface area contributed by atoms with Crippen molar-refractivity contribution in [2.24, 2.45) is 0 Å². The molecule has 1 amide bonds. The molecule has 182 valence electrons. The number of aromatic carboxylic acids is 1. The van der Waals surface area contributed by atoms with Gasteiger partial charge >= 0.3 is 5.97 Å². The van der Waals surface area contributed by atoms with Crippen molar-refractivity contribution in [3.63, 3.8) is 0 Å². The van der Waals surface area contributed by atoms with Crippen LogP contribution < -0.4 is 15.4 Å². The normalized spacial score (nSPS) is 14.4. The highest BCUT2D eigenvalue weighted by Crippen LogP contribution is 2.30. The average Bonchev–Trinajstić information content (AvgIpc) is 3.38. The molecule has 2 aromatic carbocycles. The molecule has 0 saturated carbocycles. The maximum absolute atomic E-state index is 14.1. The molecule has 3 aromatic rings. The molecule has 4 rings (SSSR count). The summed E-state index contributed by atoms with van der Waals surface area (Å²) in [6.07, 6.45) is 4.26. The van der Waals surface area contributed by atoms with Crippen molar-refractivity contribution in [2.75, 3.05) is 20.2 Å². The molecule has 1 aromatic heterocycles. The van der Waals surface area contributed by atoms with E-state index >= 15 is 0 Å². The lowest BCUT2D eigenvalue weighted by molar-refractivity contribution is 0.0696. The zero-order chi connectivity index (χ0) is 25.4. The highest BCUT2D eigenvalue weighted by atomic mass is 19.1. The van der Waals surface area contributed by atoms with E-state index in [1.54, 1.807) is 24.5 Å². The van der Waals surface area contributed by atoms with Crippen molar-refractivity contribution in [2.45, 2.75) is 12.5 Å². The van der Waals surface area contributed by atoms with Gasteiger partial charge < -0.3 is 25.6 Å². The number of methoxy groups -OCH3 is 1. The minimum Gasteiger partial charge on any atom is -0.507 e. The number of hydrogen-bond donors (Lipinski definition) is 4. The highest BCUT2D eigenvalue weighted by Gasteiger charge is 2.22. The summed E-state index contributed by atoms with van der Waals surface area (Å²) in [6, 6.07) is 11.0. The van der Waals surface area contributed by atoms with Crippen LogP contribution in [0.5, 0.6) is 11.5 Å². The van der Waals surface area contributed by atoms with Gasteiger partial charge in [-0.3, -0.25) is 14.6 Å². The number of phenolic OH excluding ortho intramolecular Hbond substituents is 1. The average molecular weight is 481 g/mol. The summed E-state index contributed by atoms with van der Waals surface area (Å²) in [5, 5.41) is 24.6. The number of ketones is 1. The van der Waals surface area contributed by atoms with E-state index < -0.39 is 28.9 Å². The zero-order valence-electron chi connectivity index (χ0n) is 18.8. The van der Waals surface area contributed by atoms with Crippen LogP contribution in [0.4, 0.5) is 4.39 Å². The maximum atomic E-state index is 14.1. The van der Waals surface area contributed by atoms with Crippen molar-refractivity contribution in [3.05, 3.63) is 89.0 Å². The molecule has 4 N–H and O–H groups in total. The Balaban J connectivity index is 0.000000211. The first-order valence-corrected chi connectivity index (χ1v) is 10.7. The number of aromatic nitrogens is 1.